The highest BCUT2D eigenvalue weighted by atomic mass is 16.5. The molecule has 1 heterocycles. The van der Waals surface area contributed by atoms with Crippen LogP contribution in [0.5, 0.6) is 0 Å². The third-order valence-corrected chi connectivity index (χ3v) is 4.63. The van der Waals surface area contributed by atoms with E-state index in [2.05, 4.69) is 10.5 Å². The Bertz CT molecular complexity index is 359. The molecular formula is C14H25N3O3. The molecule has 2 rings (SSSR count). The summed E-state index contributed by atoms with van der Waals surface area (Å²) in [5, 5.41) is 15.1. The molecule has 0 aromatic carbocycles. The molecule has 0 radical (unpaired) electrons. The van der Waals surface area contributed by atoms with E-state index < -0.39 is 5.41 Å². The third kappa shape index (κ3) is 3.23. The van der Waals surface area contributed by atoms with Gasteiger partial charge in [-0.2, -0.15) is 0 Å². The molecule has 1 amide bonds. The minimum Gasteiger partial charge on any atom is -0.409 e. The van der Waals surface area contributed by atoms with Gasteiger partial charge in [-0.25, -0.2) is 0 Å². The van der Waals surface area contributed by atoms with Gasteiger partial charge in [0.2, 0.25) is 5.91 Å². The summed E-state index contributed by atoms with van der Waals surface area (Å²) < 4.78 is 5.31. The molecule has 0 unspecified atom stereocenters. The normalized spacial score (nSPS) is 24.3. The fourth-order valence-electron chi connectivity index (χ4n) is 3.21. The lowest BCUT2D eigenvalue weighted by Gasteiger charge is -2.35. The lowest BCUT2D eigenvalue weighted by Crippen LogP contribution is -2.51. The summed E-state index contributed by atoms with van der Waals surface area (Å²) in [6.45, 7) is 2.19. The Balaban J connectivity index is 1.96. The number of ether oxygens (including phenoxy) is 1. The third-order valence-electron chi connectivity index (χ3n) is 4.63. The van der Waals surface area contributed by atoms with Crippen molar-refractivity contribution in [3.05, 3.63) is 0 Å². The van der Waals surface area contributed by atoms with E-state index in [4.69, 9.17) is 15.7 Å². The van der Waals surface area contributed by atoms with Gasteiger partial charge in [-0.05, 0) is 31.6 Å². The monoisotopic (exact) mass is 283 g/mol. The highest BCUT2D eigenvalue weighted by molar-refractivity contribution is 6.06. The summed E-state index contributed by atoms with van der Waals surface area (Å²) in [6, 6.07) is 0. The van der Waals surface area contributed by atoms with Gasteiger partial charge >= 0.3 is 0 Å². The zero-order valence-corrected chi connectivity index (χ0v) is 11.9. The molecular weight excluding hydrogens is 258 g/mol. The van der Waals surface area contributed by atoms with Gasteiger partial charge in [0.1, 0.15) is 5.41 Å². The molecule has 6 heteroatoms. The van der Waals surface area contributed by atoms with Crippen LogP contribution in [0.2, 0.25) is 0 Å². The van der Waals surface area contributed by atoms with Crippen molar-refractivity contribution in [3.8, 4) is 0 Å². The molecule has 1 aliphatic heterocycles. The molecule has 0 atom stereocenters. The number of hydrogen-bond acceptors (Lipinski definition) is 4. The zero-order valence-electron chi connectivity index (χ0n) is 11.9. The van der Waals surface area contributed by atoms with E-state index in [0.29, 0.717) is 25.3 Å². The van der Waals surface area contributed by atoms with E-state index in [0.717, 1.165) is 45.3 Å². The smallest absolute Gasteiger partial charge is 0.233 e. The maximum absolute atomic E-state index is 12.5. The molecule has 0 spiro atoms. The Hall–Kier alpha value is -1.30. The first-order valence-corrected chi connectivity index (χ1v) is 7.53. The second kappa shape index (κ2) is 6.92. The first-order valence-electron chi connectivity index (χ1n) is 7.53. The molecule has 0 aromatic heterocycles. The number of nitrogens with one attached hydrogen (secondary N) is 1. The largest absolute Gasteiger partial charge is 0.409 e. The van der Waals surface area contributed by atoms with Crippen molar-refractivity contribution in [2.24, 2.45) is 22.2 Å². The van der Waals surface area contributed by atoms with Crippen LogP contribution < -0.4 is 11.1 Å². The van der Waals surface area contributed by atoms with Crippen LogP contribution in [-0.4, -0.2) is 36.7 Å². The summed E-state index contributed by atoms with van der Waals surface area (Å²) in [6.07, 6.45) is 6.30. The van der Waals surface area contributed by atoms with Crippen LogP contribution in [0, 0.1) is 11.3 Å². The summed E-state index contributed by atoms with van der Waals surface area (Å²) in [5.74, 6) is 0.446. The van der Waals surface area contributed by atoms with Gasteiger partial charge in [0.15, 0.2) is 5.84 Å². The minimum absolute atomic E-state index is 0.0571. The number of carbonyl (C=O) groups is 1. The first kappa shape index (κ1) is 15.1. The van der Waals surface area contributed by atoms with Gasteiger partial charge in [0.05, 0.1) is 0 Å². The fraction of sp³-hybridized carbons (Fsp3) is 0.857. The summed E-state index contributed by atoms with van der Waals surface area (Å²) in [4.78, 5) is 12.5. The zero-order chi connectivity index (χ0) is 14.4. The molecule has 2 aliphatic rings. The van der Waals surface area contributed by atoms with Crippen molar-refractivity contribution in [3.63, 3.8) is 0 Å². The molecule has 2 fully saturated rings. The SMILES string of the molecule is NC(=NO)C1(C(=O)NCC2CCOCC2)CCCCC1. The maximum atomic E-state index is 12.5. The second-order valence-electron chi connectivity index (χ2n) is 5.89. The average molecular weight is 283 g/mol. The van der Waals surface area contributed by atoms with Crippen LogP contribution in [0.25, 0.3) is 0 Å². The molecule has 114 valence electrons. The first-order chi connectivity index (χ1) is 9.69. The van der Waals surface area contributed by atoms with Crippen molar-refractivity contribution < 1.29 is 14.7 Å². The summed E-state index contributed by atoms with van der Waals surface area (Å²) in [5.41, 5.74) is 5.00. The van der Waals surface area contributed by atoms with Crippen LogP contribution in [-0.2, 0) is 9.53 Å². The van der Waals surface area contributed by atoms with Gasteiger partial charge in [0.25, 0.3) is 0 Å². The van der Waals surface area contributed by atoms with Gasteiger partial charge in [-0.1, -0.05) is 24.4 Å². The van der Waals surface area contributed by atoms with Crippen LogP contribution in [0.4, 0.5) is 0 Å². The van der Waals surface area contributed by atoms with Crippen molar-refractivity contribution in [2.45, 2.75) is 44.9 Å². The van der Waals surface area contributed by atoms with E-state index >= 15 is 0 Å². The highest BCUT2D eigenvalue weighted by Crippen LogP contribution is 2.37. The number of carbonyl (C=O) groups excluding carboxylic acids is 1. The number of rotatable bonds is 4. The van der Waals surface area contributed by atoms with E-state index in [-0.39, 0.29) is 11.7 Å². The fourth-order valence-corrected chi connectivity index (χ4v) is 3.21. The molecule has 1 aliphatic carbocycles. The second-order valence-corrected chi connectivity index (χ2v) is 5.89. The van der Waals surface area contributed by atoms with Gasteiger partial charge < -0.3 is 21.0 Å². The number of hydrogen-bond donors (Lipinski definition) is 3. The van der Waals surface area contributed by atoms with Gasteiger partial charge in [-0.3, -0.25) is 4.79 Å². The Labute approximate surface area is 119 Å². The van der Waals surface area contributed by atoms with Gasteiger partial charge in [0, 0.05) is 19.8 Å². The molecule has 4 N–H and O–H groups in total. The van der Waals surface area contributed by atoms with Crippen molar-refractivity contribution in [1.29, 1.82) is 0 Å². The van der Waals surface area contributed by atoms with E-state index in [1.807, 2.05) is 0 Å². The van der Waals surface area contributed by atoms with E-state index in [1.165, 1.54) is 0 Å². The van der Waals surface area contributed by atoms with E-state index in [1.54, 1.807) is 0 Å². The van der Waals surface area contributed by atoms with Crippen LogP contribution in [0.1, 0.15) is 44.9 Å². The maximum Gasteiger partial charge on any atom is 0.233 e. The molecule has 1 saturated heterocycles. The Kier molecular flexibility index (Phi) is 5.23. The van der Waals surface area contributed by atoms with Crippen molar-refractivity contribution in [2.75, 3.05) is 19.8 Å². The number of amidine groups is 1. The van der Waals surface area contributed by atoms with E-state index in [9.17, 15) is 4.79 Å². The van der Waals surface area contributed by atoms with Crippen molar-refractivity contribution in [1.82, 2.24) is 5.32 Å². The molecule has 20 heavy (non-hydrogen) atoms. The van der Waals surface area contributed by atoms with Gasteiger partial charge in [-0.15, -0.1) is 0 Å². The lowest BCUT2D eigenvalue weighted by atomic mass is 9.72. The molecule has 1 saturated carbocycles. The minimum atomic E-state index is -0.807. The number of nitrogens with two attached hydrogens (primary N) is 1. The predicted octanol–water partition coefficient (Wildman–Crippen LogP) is 1.23. The number of nitrogens with zero attached hydrogens (tertiary/aromatic N) is 1. The Morgan fingerprint density at radius 2 is 1.95 bits per heavy atom. The number of oxime groups is 1. The standard InChI is InChI=1S/C14H25N3O3/c15-12(17-19)14(6-2-1-3-7-14)13(18)16-10-11-4-8-20-9-5-11/h11,19H,1-10H2,(H2,15,17)(H,16,18). The summed E-state index contributed by atoms with van der Waals surface area (Å²) >= 11 is 0. The quantitative estimate of drug-likeness (QED) is 0.313. The van der Waals surface area contributed by atoms with Crippen LogP contribution in [0.3, 0.4) is 0 Å². The Morgan fingerprint density at radius 1 is 1.30 bits per heavy atom. The summed E-state index contributed by atoms with van der Waals surface area (Å²) in [7, 11) is 0. The average Bonchev–Trinajstić information content (AvgIpc) is 2.53. The Morgan fingerprint density at radius 3 is 2.55 bits per heavy atom. The van der Waals surface area contributed by atoms with Crippen molar-refractivity contribution >= 4 is 11.7 Å². The van der Waals surface area contributed by atoms with Crippen LogP contribution >= 0.6 is 0 Å². The molecule has 0 bridgehead atoms. The molecule has 0 aromatic rings. The number of amides is 1. The topological polar surface area (TPSA) is 96.9 Å². The molecule has 6 nitrogen and oxygen atoms in total. The van der Waals surface area contributed by atoms with Crippen LogP contribution in [0.15, 0.2) is 5.16 Å². The lowest BCUT2D eigenvalue weighted by molar-refractivity contribution is -0.129. The highest BCUT2D eigenvalue weighted by Gasteiger charge is 2.43. The predicted molar refractivity (Wildman–Crippen MR) is 75.5 cm³/mol.